The van der Waals surface area contributed by atoms with Crippen molar-refractivity contribution >= 4 is 21.6 Å². The summed E-state index contributed by atoms with van der Waals surface area (Å²) in [4.78, 5) is 12.7. The minimum atomic E-state index is -3.84. The minimum Gasteiger partial charge on any atom is -0.352 e. The van der Waals surface area contributed by atoms with Gasteiger partial charge in [0.25, 0.3) is 10.0 Å². The van der Waals surface area contributed by atoms with Crippen LogP contribution in [-0.2, 0) is 14.8 Å². The summed E-state index contributed by atoms with van der Waals surface area (Å²) in [6, 6.07) is 14.0. The Morgan fingerprint density at radius 2 is 1.48 bits per heavy atom. The molecule has 0 bridgehead atoms. The van der Waals surface area contributed by atoms with Crippen LogP contribution in [0, 0.1) is 13.8 Å². The summed E-state index contributed by atoms with van der Waals surface area (Å²) in [6.07, 6.45) is 4.13. The van der Waals surface area contributed by atoms with Gasteiger partial charge in [0.1, 0.15) is 6.54 Å². The molecule has 5 nitrogen and oxygen atoms in total. The highest BCUT2D eigenvalue weighted by Crippen LogP contribution is 2.24. The number of carbonyl (C=O) groups excluding carboxylic acids is 1. The second-order valence-electron chi connectivity index (χ2n) is 7.21. The van der Waals surface area contributed by atoms with Gasteiger partial charge < -0.3 is 5.32 Å². The summed E-state index contributed by atoms with van der Waals surface area (Å²) in [5.41, 5.74) is 2.50. The first-order valence-electron chi connectivity index (χ1n) is 9.32. The van der Waals surface area contributed by atoms with Gasteiger partial charge in [-0.25, -0.2) is 8.42 Å². The molecule has 0 saturated heterocycles. The molecule has 0 atom stereocenters. The molecule has 1 aliphatic rings. The summed E-state index contributed by atoms with van der Waals surface area (Å²) in [5.74, 6) is -0.266. The maximum atomic E-state index is 13.2. The fraction of sp³-hybridized carbons (Fsp3) is 0.381. The summed E-state index contributed by atoms with van der Waals surface area (Å²) in [6.45, 7) is 3.62. The Kier molecular flexibility index (Phi) is 5.85. The maximum Gasteiger partial charge on any atom is 0.264 e. The third-order valence-corrected chi connectivity index (χ3v) is 6.73. The van der Waals surface area contributed by atoms with Gasteiger partial charge in [0.05, 0.1) is 10.6 Å². The molecule has 0 aliphatic heterocycles. The fourth-order valence-corrected chi connectivity index (χ4v) is 4.76. The van der Waals surface area contributed by atoms with Gasteiger partial charge in [-0.3, -0.25) is 9.10 Å². The molecule has 0 unspecified atom stereocenters. The Labute approximate surface area is 161 Å². The van der Waals surface area contributed by atoms with E-state index in [-0.39, 0.29) is 23.4 Å². The molecule has 27 heavy (non-hydrogen) atoms. The number of amides is 1. The molecule has 1 fully saturated rings. The molecule has 1 saturated carbocycles. The lowest BCUT2D eigenvalue weighted by molar-refractivity contribution is -0.120. The Hall–Kier alpha value is -2.34. The van der Waals surface area contributed by atoms with Crippen LogP contribution in [0.4, 0.5) is 5.69 Å². The number of sulfonamides is 1. The largest absolute Gasteiger partial charge is 0.352 e. The monoisotopic (exact) mass is 386 g/mol. The van der Waals surface area contributed by atoms with Crippen molar-refractivity contribution in [3.05, 3.63) is 59.7 Å². The number of carbonyl (C=O) groups is 1. The first kappa shape index (κ1) is 19.4. The van der Waals surface area contributed by atoms with Crippen LogP contribution in [0.3, 0.4) is 0 Å². The average molecular weight is 387 g/mol. The topological polar surface area (TPSA) is 66.5 Å². The molecule has 2 aromatic rings. The van der Waals surface area contributed by atoms with Crippen LogP contribution in [0.15, 0.2) is 53.4 Å². The van der Waals surface area contributed by atoms with Crippen molar-refractivity contribution < 1.29 is 13.2 Å². The number of aryl methyl sites for hydroxylation is 2. The van der Waals surface area contributed by atoms with Crippen molar-refractivity contribution in [3.8, 4) is 0 Å². The van der Waals surface area contributed by atoms with Crippen LogP contribution in [0.2, 0.25) is 0 Å². The van der Waals surface area contributed by atoms with Crippen molar-refractivity contribution in [1.29, 1.82) is 0 Å². The Balaban J connectivity index is 1.90. The molecular formula is C21H26N2O3S. The van der Waals surface area contributed by atoms with Crippen LogP contribution < -0.4 is 9.62 Å². The Morgan fingerprint density at radius 1 is 0.963 bits per heavy atom. The lowest BCUT2D eigenvalue weighted by Crippen LogP contribution is -2.43. The number of anilines is 1. The summed E-state index contributed by atoms with van der Waals surface area (Å²) < 4.78 is 27.7. The highest BCUT2D eigenvalue weighted by Gasteiger charge is 2.28. The lowest BCUT2D eigenvalue weighted by atomic mass is 10.2. The van der Waals surface area contributed by atoms with Gasteiger partial charge in [-0.05, 0) is 51.0 Å². The van der Waals surface area contributed by atoms with E-state index in [4.69, 9.17) is 0 Å². The summed E-state index contributed by atoms with van der Waals surface area (Å²) in [7, 11) is -3.84. The van der Waals surface area contributed by atoms with Crippen LogP contribution in [0.5, 0.6) is 0 Å². The van der Waals surface area contributed by atoms with Gasteiger partial charge in [0.15, 0.2) is 0 Å². The van der Waals surface area contributed by atoms with E-state index in [1.54, 1.807) is 36.4 Å². The normalized spacial score (nSPS) is 14.9. The van der Waals surface area contributed by atoms with E-state index < -0.39 is 10.0 Å². The molecule has 6 heteroatoms. The van der Waals surface area contributed by atoms with E-state index in [0.29, 0.717) is 5.69 Å². The second-order valence-corrected chi connectivity index (χ2v) is 9.07. The standard InChI is InChI=1S/C21H26N2O3S/c1-16-7-11-19(12-8-16)23(15-21(24)22-18-5-3-4-6-18)27(25,26)20-13-9-17(2)10-14-20/h7-14,18H,3-6,15H2,1-2H3,(H,22,24). The first-order valence-corrected chi connectivity index (χ1v) is 10.8. The number of nitrogens with zero attached hydrogens (tertiary/aromatic N) is 1. The molecule has 0 spiro atoms. The predicted molar refractivity (Wildman–Crippen MR) is 107 cm³/mol. The van der Waals surface area contributed by atoms with E-state index in [9.17, 15) is 13.2 Å². The third kappa shape index (κ3) is 4.69. The van der Waals surface area contributed by atoms with Gasteiger partial charge in [-0.2, -0.15) is 0 Å². The third-order valence-electron chi connectivity index (χ3n) is 4.94. The van der Waals surface area contributed by atoms with Crippen LogP contribution in [-0.4, -0.2) is 26.9 Å². The molecule has 1 aliphatic carbocycles. The molecule has 1 N–H and O–H groups in total. The van der Waals surface area contributed by atoms with Gasteiger partial charge in [-0.1, -0.05) is 48.2 Å². The number of hydrogen-bond donors (Lipinski definition) is 1. The second kappa shape index (κ2) is 8.13. The molecule has 144 valence electrons. The number of rotatable bonds is 6. The highest BCUT2D eigenvalue weighted by atomic mass is 32.2. The zero-order valence-corrected chi connectivity index (χ0v) is 16.6. The van der Waals surface area contributed by atoms with Crippen LogP contribution >= 0.6 is 0 Å². The molecule has 0 aromatic heterocycles. The molecule has 0 radical (unpaired) electrons. The minimum absolute atomic E-state index is 0.152. The van der Waals surface area contributed by atoms with Gasteiger partial charge >= 0.3 is 0 Å². The van der Waals surface area contributed by atoms with Crippen molar-refractivity contribution in [3.63, 3.8) is 0 Å². The number of hydrogen-bond acceptors (Lipinski definition) is 3. The average Bonchev–Trinajstić information content (AvgIpc) is 3.14. The van der Waals surface area contributed by atoms with E-state index in [1.165, 1.54) is 4.31 Å². The lowest BCUT2D eigenvalue weighted by Gasteiger charge is -2.25. The molecule has 3 rings (SSSR count). The van der Waals surface area contributed by atoms with Crippen LogP contribution in [0.25, 0.3) is 0 Å². The number of nitrogens with one attached hydrogen (secondary N) is 1. The van der Waals surface area contributed by atoms with Crippen molar-refractivity contribution in [2.45, 2.75) is 50.5 Å². The van der Waals surface area contributed by atoms with Gasteiger partial charge in [0, 0.05) is 6.04 Å². The first-order chi connectivity index (χ1) is 12.9. The predicted octanol–water partition coefficient (Wildman–Crippen LogP) is 3.56. The zero-order chi connectivity index (χ0) is 19.4. The van der Waals surface area contributed by atoms with Gasteiger partial charge in [0.2, 0.25) is 5.91 Å². The maximum absolute atomic E-state index is 13.2. The van der Waals surface area contributed by atoms with Crippen molar-refractivity contribution in [2.75, 3.05) is 10.8 Å². The van der Waals surface area contributed by atoms with Crippen molar-refractivity contribution in [1.82, 2.24) is 5.32 Å². The Bertz CT molecular complexity index is 884. The van der Waals surface area contributed by atoms with Gasteiger partial charge in [-0.15, -0.1) is 0 Å². The smallest absolute Gasteiger partial charge is 0.264 e. The molecule has 1 amide bonds. The van der Waals surface area contributed by atoms with E-state index in [1.807, 2.05) is 26.0 Å². The Morgan fingerprint density at radius 3 is 2.04 bits per heavy atom. The fourth-order valence-electron chi connectivity index (χ4n) is 3.34. The molecule has 2 aromatic carbocycles. The zero-order valence-electron chi connectivity index (χ0n) is 15.8. The molecular weight excluding hydrogens is 360 g/mol. The quantitative estimate of drug-likeness (QED) is 0.825. The van der Waals surface area contributed by atoms with Crippen molar-refractivity contribution in [2.24, 2.45) is 0 Å². The van der Waals surface area contributed by atoms with E-state index >= 15 is 0 Å². The summed E-state index contributed by atoms with van der Waals surface area (Å²) in [5, 5.41) is 2.98. The molecule has 0 heterocycles. The SMILES string of the molecule is Cc1ccc(N(CC(=O)NC2CCCC2)S(=O)(=O)c2ccc(C)cc2)cc1. The van der Waals surface area contributed by atoms with E-state index in [0.717, 1.165) is 36.8 Å². The summed E-state index contributed by atoms with van der Waals surface area (Å²) >= 11 is 0. The number of benzene rings is 2. The highest BCUT2D eigenvalue weighted by molar-refractivity contribution is 7.92. The van der Waals surface area contributed by atoms with Crippen LogP contribution in [0.1, 0.15) is 36.8 Å². The van der Waals surface area contributed by atoms with E-state index in [2.05, 4.69) is 5.32 Å².